The van der Waals surface area contributed by atoms with Crippen LogP contribution < -0.4 is 0 Å². The highest BCUT2D eigenvalue weighted by Gasteiger charge is 2.45. The van der Waals surface area contributed by atoms with E-state index in [9.17, 15) is 20.1 Å². The Morgan fingerprint density at radius 1 is 1.30 bits per heavy atom. The molecule has 0 aliphatic carbocycles. The first-order valence-corrected chi connectivity index (χ1v) is 6.88. The normalized spacial score (nSPS) is 33.8. The second-order valence-electron chi connectivity index (χ2n) is 4.58. The highest BCUT2D eigenvalue weighted by Crippen LogP contribution is 2.22. The van der Waals surface area contributed by atoms with Gasteiger partial charge in [-0.1, -0.05) is 0 Å². The zero-order valence-electron chi connectivity index (χ0n) is 11.1. The van der Waals surface area contributed by atoms with Gasteiger partial charge in [0.15, 0.2) is 0 Å². The highest BCUT2D eigenvalue weighted by atomic mass is 32.1. The minimum atomic E-state index is -1.59. The molecule has 5 atom stereocenters. The van der Waals surface area contributed by atoms with E-state index < -0.39 is 43.4 Å². The number of carbonyl (C=O) groups is 1. The number of aliphatic hydroxyl groups is 4. The Hall–Kier alpha value is -0.580. The van der Waals surface area contributed by atoms with Crippen molar-refractivity contribution in [3.8, 4) is 0 Å². The van der Waals surface area contributed by atoms with Crippen LogP contribution in [0.15, 0.2) is 0 Å². The van der Waals surface area contributed by atoms with Crippen LogP contribution >= 0.6 is 12.6 Å². The van der Waals surface area contributed by atoms with Crippen LogP contribution in [0.2, 0.25) is 0 Å². The molecule has 1 saturated heterocycles. The molecule has 118 valence electrons. The quantitative estimate of drug-likeness (QED) is 0.379. The summed E-state index contributed by atoms with van der Waals surface area (Å²) in [6, 6.07) is 0. The molecule has 0 saturated carbocycles. The Kier molecular flexibility index (Phi) is 7.00. The molecule has 20 heavy (non-hydrogen) atoms. The molecular weight excluding hydrogens is 290 g/mol. The molecular formula is C11H21NO7S. The Labute approximate surface area is 122 Å². The van der Waals surface area contributed by atoms with E-state index in [1.54, 1.807) is 0 Å². The number of hydrogen-bond donors (Lipinski definition) is 5. The zero-order valence-corrected chi connectivity index (χ0v) is 12.0. The first kappa shape index (κ1) is 17.5. The predicted octanol–water partition coefficient (Wildman–Crippen LogP) is -1.83. The third-order valence-electron chi connectivity index (χ3n) is 3.03. The van der Waals surface area contributed by atoms with E-state index in [0.717, 1.165) is 0 Å². The van der Waals surface area contributed by atoms with Crippen molar-refractivity contribution in [2.75, 3.05) is 26.0 Å². The molecule has 9 heteroatoms. The summed E-state index contributed by atoms with van der Waals surface area (Å²) in [5, 5.41) is 37.8. The van der Waals surface area contributed by atoms with E-state index in [4.69, 9.17) is 14.6 Å². The van der Waals surface area contributed by atoms with E-state index in [0.29, 0.717) is 18.7 Å². The number of ether oxygens (including phenoxy) is 2. The summed E-state index contributed by atoms with van der Waals surface area (Å²) in [4.78, 5) is 13.0. The number of hydrogen-bond acceptors (Lipinski definition) is 8. The third-order valence-corrected chi connectivity index (χ3v) is 3.34. The first-order chi connectivity index (χ1) is 9.42. The molecule has 1 rings (SSSR count). The maximum atomic E-state index is 11.7. The Morgan fingerprint density at radius 3 is 2.50 bits per heavy atom. The molecule has 0 radical (unpaired) electrons. The molecule has 0 aromatic heterocycles. The second kappa shape index (κ2) is 8.01. The number of nitrogens with zero attached hydrogens (tertiary/aromatic N) is 1. The van der Waals surface area contributed by atoms with Crippen LogP contribution in [-0.2, 0) is 9.47 Å². The maximum Gasteiger partial charge on any atom is 0.411 e. The number of thiol groups is 1. The average molecular weight is 311 g/mol. The number of aliphatic hydroxyl groups excluding tert-OH is 4. The molecule has 0 unspecified atom stereocenters. The summed E-state index contributed by atoms with van der Waals surface area (Å²) in [7, 11) is 1.51. The number of amides is 1. The summed E-state index contributed by atoms with van der Waals surface area (Å²) >= 11 is 4.02. The van der Waals surface area contributed by atoms with Gasteiger partial charge in [0.1, 0.15) is 24.4 Å². The molecule has 1 aliphatic rings. The molecule has 1 aliphatic heterocycles. The molecule has 1 heterocycles. The van der Waals surface area contributed by atoms with Gasteiger partial charge in [-0.3, -0.25) is 0 Å². The Morgan fingerprint density at radius 2 is 1.95 bits per heavy atom. The third kappa shape index (κ3) is 4.21. The second-order valence-corrected chi connectivity index (χ2v) is 5.03. The molecule has 0 aromatic carbocycles. The van der Waals surface area contributed by atoms with Gasteiger partial charge in [0.2, 0.25) is 6.29 Å². The zero-order chi connectivity index (χ0) is 15.3. The SMILES string of the molecule is CN(CCCS)C(=O)O[C@@H]1O[C@H](CO)[C@H](O)[C@H](O)[C@H]1O. The molecule has 0 aromatic rings. The van der Waals surface area contributed by atoms with Gasteiger partial charge in [-0.05, 0) is 12.2 Å². The summed E-state index contributed by atoms with van der Waals surface area (Å²) in [6.07, 6.45) is -7.26. The summed E-state index contributed by atoms with van der Waals surface area (Å²) in [5.74, 6) is 0.609. The van der Waals surface area contributed by atoms with Crippen molar-refractivity contribution in [3.63, 3.8) is 0 Å². The first-order valence-electron chi connectivity index (χ1n) is 6.25. The van der Waals surface area contributed by atoms with Crippen LogP contribution in [-0.4, -0.2) is 88.1 Å². The Balaban J connectivity index is 2.59. The van der Waals surface area contributed by atoms with Gasteiger partial charge in [-0.15, -0.1) is 0 Å². The van der Waals surface area contributed by atoms with Crippen molar-refractivity contribution >= 4 is 18.7 Å². The van der Waals surface area contributed by atoms with E-state index in [1.165, 1.54) is 11.9 Å². The lowest BCUT2D eigenvalue weighted by atomic mass is 9.99. The van der Waals surface area contributed by atoms with Crippen molar-refractivity contribution in [2.24, 2.45) is 0 Å². The van der Waals surface area contributed by atoms with Gasteiger partial charge in [-0.25, -0.2) is 4.79 Å². The van der Waals surface area contributed by atoms with Crippen LogP contribution in [0.5, 0.6) is 0 Å². The fourth-order valence-corrected chi connectivity index (χ4v) is 1.89. The van der Waals surface area contributed by atoms with Gasteiger partial charge < -0.3 is 34.8 Å². The lowest BCUT2D eigenvalue weighted by molar-refractivity contribution is -0.286. The smallest absolute Gasteiger partial charge is 0.411 e. The van der Waals surface area contributed by atoms with E-state index >= 15 is 0 Å². The maximum absolute atomic E-state index is 11.7. The van der Waals surface area contributed by atoms with Gasteiger partial charge in [-0.2, -0.15) is 12.6 Å². The molecule has 4 N–H and O–H groups in total. The van der Waals surface area contributed by atoms with E-state index in [2.05, 4.69) is 12.6 Å². The van der Waals surface area contributed by atoms with Gasteiger partial charge >= 0.3 is 6.09 Å². The van der Waals surface area contributed by atoms with Gasteiger partial charge in [0, 0.05) is 13.6 Å². The standard InChI is InChI=1S/C11H21NO7S/c1-12(3-2-4-20)11(17)19-10-9(16)8(15)7(14)6(5-13)18-10/h6-10,13-16,20H,2-5H2,1H3/t6-,7+,8+,9-,10+/m1/s1. The summed E-state index contributed by atoms with van der Waals surface area (Å²) in [5.41, 5.74) is 0. The molecule has 0 spiro atoms. The van der Waals surface area contributed by atoms with E-state index in [-0.39, 0.29) is 0 Å². The van der Waals surface area contributed by atoms with Crippen molar-refractivity contribution in [2.45, 2.75) is 37.1 Å². The molecule has 8 nitrogen and oxygen atoms in total. The Bertz CT molecular complexity index is 317. The molecule has 0 bridgehead atoms. The highest BCUT2D eigenvalue weighted by molar-refractivity contribution is 7.80. The number of rotatable bonds is 5. The van der Waals surface area contributed by atoms with Crippen molar-refractivity contribution < 1.29 is 34.7 Å². The van der Waals surface area contributed by atoms with Crippen LogP contribution in [0.3, 0.4) is 0 Å². The lowest BCUT2D eigenvalue weighted by Crippen LogP contribution is -2.59. The van der Waals surface area contributed by atoms with Gasteiger partial charge in [0.25, 0.3) is 0 Å². The van der Waals surface area contributed by atoms with Crippen LogP contribution in [0.25, 0.3) is 0 Å². The van der Waals surface area contributed by atoms with Crippen molar-refractivity contribution in [1.29, 1.82) is 0 Å². The largest absolute Gasteiger partial charge is 0.416 e. The van der Waals surface area contributed by atoms with Crippen LogP contribution in [0, 0.1) is 0 Å². The van der Waals surface area contributed by atoms with E-state index in [1.807, 2.05) is 0 Å². The molecule has 1 amide bonds. The molecule has 1 fully saturated rings. The predicted molar refractivity (Wildman–Crippen MR) is 71.3 cm³/mol. The fraction of sp³-hybridized carbons (Fsp3) is 0.909. The summed E-state index contributed by atoms with van der Waals surface area (Å²) in [6.45, 7) is -0.158. The fourth-order valence-electron chi connectivity index (χ4n) is 1.75. The average Bonchev–Trinajstić information content (AvgIpc) is 2.45. The van der Waals surface area contributed by atoms with Gasteiger partial charge in [0.05, 0.1) is 6.61 Å². The number of carbonyl (C=O) groups excluding carboxylic acids is 1. The van der Waals surface area contributed by atoms with Crippen molar-refractivity contribution in [1.82, 2.24) is 4.90 Å². The lowest BCUT2D eigenvalue weighted by Gasteiger charge is -2.39. The minimum Gasteiger partial charge on any atom is -0.416 e. The van der Waals surface area contributed by atoms with Crippen molar-refractivity contribution in [3.05, 3.63) is 0 Å². The summed E-state index contributed by atoms with van der Waals surface area (Å²) < 4.78 is 9.98. The topological polar surface area (TPSA) is 120 Å². The van der Waals surface area contributed by atoms with Crippen LogP contribution in [0.1, 0.15) is 6.42 Å². The monoisotopic (exact) mass is 311 g/mol. The minimum absolute atomic E-state index is 0.416. The van der Waals surface area contributed by atoms with Crippen LogP contribution in [0.4, 0.5) is 4.79 Å².